The molecule has 3 aromatic carbocycles. The van der Waals surface area contributed by atoms with Gasteiger partial charge in [-0.05, 0) is 216 Å². The molecule has 0 radical (unpaired) electrons. The second-order valence-electron chi connectivity index (χ2n) is 42.0. The summed E-state index contributed by atoms with van der Waals surface area (Å²) in [5.41, 5.74) is 8.52. The van der Waals surface area contributed by atoms with Gasteiger partial charge in [0.1, 0.15) is 54.1 Å². The van der Waals surface area contributed by atoms with Gasteiger partial charge in [-0.15, -0.1) is 0 Å². The minimum Gasteiger partial charge on any atom is -0.388 e. The number of piperidine rings is 3. The van der Waals surface area contributed by atoms with Crippen molar-refractivity contribution < 1.29 is 57.5 Å². The average molecular weight is 1710 g/mol. The van der Waals surface area contributed by atoms with Crippen molar-refractivity contribution in [1.82, 2.24) is 44.0 Å². The van der Waals surface area contributed by atoms with E-state index in [0.717, 1.165) is 209 Å². The van der Waals surface area contributed by atoms with Crippen LogP contribution in [0.2, 0.25) is 0 Å². The Morgan fingerprint density at radius 1 is 0.408 bits per heavy atom. The van der Waals surface area contributed by atoms with Gasteiger partial charge in [0.15, 0.2) is 34.7 Å². The molecule has 4 saturated carbocycles. The molecule has 3 aromatic heterocycles. The Morgan fingerprint density at radius 2 is 0.736 bits per heavy atom. The third-order valence-electron chi connectivity index (χ3n) is 31.3. The number of carbonyl (C=O) groups is 12. The highest BCUT2D eigenvalue weighted by molar-refractivity contribution is 6.09. The lowest BCUT2D eigenvalue weighted by Gasteiger charge is -2.27. The minimum atomic E-state index is -0.451. The van der Waals surface area contributed by atoms with E-state index in [2.05, 4.69) is 95.4 Å². The molecular weight excluding hydrogens is 1570 g/mol. The number of rotatable bonds is 15. The fourth-order valence-electron chi connectivity index (χ4n) is 23.4. The van der Waals surface area contributed by atoms with Crippen molar-refractivity contribution in [3.63, 3.8) is 0 Å². The van der Waals surface area contributed by atoms with Gasteiger partial charge < -0.3 is 25.3 Å². The summed E-state index contributed by atoms with van der Waals surface area (Å²) in [6.07, 6.45) is 30.4. The van der Waals surface area contributed by atoms with E-state index in [-0.39, 0.29) is 128 Å². The zero-order chi connectivity index (χ0) is 89.7. The molecule has 125 heavy (non-hydrogen) atoms. The summed E-state index contributed by atoms with van der Waals surface area (Å²) in [4.78, 5) is 165. The van der Waals surface area contributed by atoms with E-state index < -0.39 is 18.1 Å². The molecular formula is C102H141N11O12. The summed E-state index contributed by atoms with van der Waals surface area (Å²) in [6, 6.07) is 11.2. The predicted octanol–water partition coefficient (Wildman–Crippen LogP) is 18.4. The van der Waals surface area contributed by atoms with Gasteiger partial charge >= 0.3 is 0 Å². The smallest absolute Gasteiger partial charge is 0.245 e. The van der Waals surface area contributed by atoms with E-state index in [0.29, 0.717) is 98.3 Å². The van der Waals surface area contributed by atoms with Crippen LogP contribution in [0.25, 0.3) is 32.7 Å². The zero-order valence-corrected chi connectivity index (χ0v) is 77.8. The molecule has 0 spiro atoms. The molecule has 4 aliphatic carbocycles. The lowest BCUT2D eigenvalue weighted by Crippen LogP contribution is -2.44. The molecule has 9 heterocycles. The van der Waals surface area contributed by atoms with Crippen molar-refractivity contribution in [3.05, 3.63) is 75.7 Å². The van der Waals surface area contributed by atoms with Gasteiger partial charge in [0.25, 0.3) is 0 Å². The molecule has 6 aromatic rings. The van der Waals surface area contributed by atoms with Crippen LogP contribution < -0.4 is 10.6 Å². The second kappa shape index (κ2) is 37.1. The molecule has 2 N–H and O–H groups in total. The number of hydrogen-bond donors (Lipinski definition) is 2. The van der Waals surface area contributed by atoms with Gasteiger partial charge in [0.2, 0.25) is 17.7 Å². The van der Waals surface area contributed by atoms with Crippen LogP contribution in [0.15, 0.2) is 36.4 Å². The minimum absolute atomic E-state index is 0.00232. The first-order valence-corrected chi connectivity index (χ1v) is 48.1. The number of aromatic nitrogens is 6. The highest BCUT2D eigenvalue weighted by Crippen LogP contribution is 2.65. The number of aryl methyl sites for hydroxylation is 3. The molecule has 6 aliphatic heterocycles. The molecule has 0 unspecified atom stereocenters. The third-order valence-corrected chi connectivity index (χ3v) is 31.3. The number of carbonyl (C=O) groups excluding carboxylic acids is 12. The zero-order valence-electron chi connectivity index (χ0n) is 77.8. The number of benzene rings is 3. The summed E-state index contributed by atoms with van der Waals surface area (Å²) in [5.74, 6) is 1.52. The molecule has 23 heteroatoms. The van der Waals surface area contributed by atoms with E-state index in [1.165, 1.54) is 44.6 Å². The second-order valence-corrected chi connectivity index (χ2v) is 42.0. The first-order chi connectivity index (χ1) is 59.4. The fraction of sp³-hybridized carbons (Fsp3) is 0.676. The lowest BCUT2D eigenvalue weighted by atomic mass is 9.79. The number of hydrogen-bond acceptors (Lipinski definition) is 17. The van der Waals surface area contributed by atoms with E-state index >= 15 is 0 Å². The van der Waals surface area contributed by atoms with Gasteiger partial charge in [-0.2, -0.15) is 15.3 Å². The topological polar surface area (TPSA) is 292 Å². The van der Waals surface area contributed by atoms with E-state index in [1.807, 2.05) is 54.7 Å². The van der Waals surface area contributed by atoms with Gasteiger partial charge in [-0.25, -0.2) is 0 Å². The van der Waals surface area contributed by atoms with E-state index in [1.54, 1.807) is 27.9 Å². The van der Waals surface area contributed by atoms with Crippen molar-refractivity contribution >= 4 is 114 Å². The molecule has 676 valence electrons. The van der Waals surface area contributed by atoms with Crippen LogP contribution in [0.1, 0.15) is 356 Å². The molecule has 16 rings (SSSR count). The maximum atomic E-state index is 14.2. The van der Waals surface area contributed by atoms with Gasteiger partial charge in [-0.3, -0.25) is 71.6 Å². The standard InChI is InChI=1S/C37H52N4O4.C34H47N3O4.C31H42N4O4/c1-5-30(43)29-20-37-17-15-32(44)36(3,4)16-11-7-10-14-26-18-27(38-22-25-12-8-6-9-13-25)19-28-34(24(2)42)39-40(35(26)28)23-33(45)41(29)31(37)21-37;1-7-27(39)26-18-34-14-12-29(40)33(5,6)13-10-8-9-11-24-16-23(15-21(2)3)17-25-31(22(4)38)35-36(32(24)25)20-30(41)37(26)28(34)19-34;1-6-24(37)23-16-31-13-11-26(38)30(3,4)12-9-7-8-10-20-14-21(32-5)15-22-28(19(2)36)33-34(29(20)22)18-27(39)35(23)25(31)17-31/h18-19,25,29,31,38H,5-17,20-23H2,1-4H3;16-17,21,26,28H,7-15,18-20H2,1-6H3;14-15,23,25,32H,6-13,16-18H2,1-5H3/t29-,31+,37-;26-,28+,34-;23-,25+,31-/m000/s1. The Balaban J connectivity index is 0.000000153. The quantitative estimate of drug-likeness (QED) is 0.0903. The monoisotopic (exact) mass is 1710 g/mol. The van der Waals surface area contributed by atoms with Crippen molar-refractivity contribution in [2.75, 3.05) is 24.2 Å². The summed E-state index contributed by atoms with van der Waals surface area (Å²) < 4.78 is 5.18. The Hall–Kier alpha value is -8.89. The van der Waals surface area contributed by atoms with Crippen LogP contribution in [0.5, 0.6) is 0 Å². The van der Waals surface area contributed by atoms with Crippen molar-refractivity contribution in [1.29, 1.82) is 0 Å². The van der Waals surface area contributed by atoms with Crippen molar-refractivity contribution in [2.45, 2.75) is 384 Å². The summed E-state index contributed by atoms with van der Waals surface area (Å²) in [5, 5.41) is 23.5. The van der Waals surface area contributed by atoms with Crippen LogP contribution in [0, 0.1) is 44.3 Å². The molecule has 10 aliphatic rings. The van der Waals surface area contributed by atoms with Gasteiger partial charge in [0.05, 0.1) is 34.7 Å². The predicted molar refractivity (Wildman–Crippen MR) is 487 cm³/mol. The maximum Gasteiger partial charge on any atom is 0.245 e. The normalized spacial score (nSPS) is 27.2. The van der Waals surface area contributed by atoms with Crippen LogP contribution >= 0.6 is 0 Å². The molecule has 7 fully saturated rings. The Bertz CT molecular complexity index is 5220. The SMILES string of the molecule is CCC(=O)[C@@H]1C[C@]23CCC(=O)C(C)(C)CCCCCc4cc(CC(C)C)cc5c(C(C)=O)nn(c45)CC(=O)N1[C@@H]2C3.CCC(=O)[C@@H]1C[C@]23CCC(=O)C(C)(C)CCCCCc4cc(NC)cc5c(C(C)=O)nn(c45)CC(=O)N1[C@@H]2C3.CCC(=O)[C@@H]1C[C@]23CCC(=O)C(C)(C)CCCCCc4cc(NCC5CCCCC5)cc5c(C(C)=O)nn(c45)CC(=O)N1[C@@H]2C3. The van der Waals surface area contributed by atoms with E-state index in [9.17, 15) is 57.5 Å². The molecule has 6 bridgehead atoms. The van der Waals surface area contributed by atoms with Gasteiger partial charge in [-0.1, -0.05) is 140 Å². The number of Topliss-reactive ketones (excluding diaryl/α,β-unsaturated/α-hetero) is 9. The molecule has 3 saturated heterocycles. The number of anilines is 2. The lowest BCUT2D eigenvalue weighted by molar-refractivity contribution is -0.139. The summed E-state index contributed by atoms with van der Waals surface area (Å²) in [6.45, 7) is 27.9. The van der Waals surface area contributed by atoms with E-state index in [4.69, 9.17) is 10.2 Å². The van der Waals surface area contributed by atoms with Crippen LogP contribution in [-0.4, -0.2) is 164 Å². The Kier molecular flexibility index (Phi) is 27.4. The summed E-state index contributed by atoms with van der Waals surface area (Å²) in [7, 11) is 1.85. The first kappa shape index (κ1) is 92.3. The summed E-state index contributed by atoms with van der Waals surface area (Å²) >= 11 is 0. The van der Waals surface area contributed by atoms with Crippen molar-refractivity contribution in [2.24, 2.45) is 44.3 Å². The average Bonchev–Trinajstić information content (AvgIpc) is 1.54. The highest BCUT2D eigenvalue weighted by atomic mass is 16.2. The Labute approximate surface area is 739 Å². The molecule has 9 atom stereocenters. The first-order valence-electron chi connectivity index (χ1n) is 48.1. The molecule has 3 amide bonds. The van der Waals surface area contributed by atoms with Crippen LogP contribution in [0.3, 0.4) is 0 Å². The van der Waals surface area contributed by atoms with Gasteiger partial charge in [0, 0.05) is 135 Å². The number of nitrogens with zero attached hydrogens (tertiary/aromatic N) is 9. The van der Waals surface area contributed by atoms with Crippen LogP contribution in [-0.2, 0) is 88.5 Å². The fourth-order valence-corrected chi connectivity index (χ4v) is 23.4. The van der Waals surface area contributed by atoms with Crippen LogP contribution in [0.4, 0.5) is 11.4 Å². The highest BCUT2D eigenvalue weighted by Gasteiger charge is 2.69. The molecule has 23 nitrogen and oxygen atoms in total. The maximum absolute atomic E-state index is 14.2. The van der Waals surface area contributed by atoms with Crippen molar-refractivity contribution in [3.8, 4) is 0 Å². The number of amides is 3. The third kappa shape index (κ3) is 19.2. The largest absolute Gasteiger partial charge is 0.388 e. The number of nitrogens with one attached hydrogen (secondary N) is 2. The Morgan fingerprint density at radius 3 is 1.07 bits per heavy atom. The number of ketones is 9.